The molecule has 0 saturated heterocycles. The van der Waals surface area contributed by atoms with E-state index in [4.69, 9.17) is 5.73 Å². The molecule has 4 nitrogen and oxygen atoms in total. The average Bonchev–Trinajstić information content (AvgIpc) is 2.65. The number of carbonyl (C=O) groups is 1. The van der Waals surface area contributed by atoms with Crippen LogP contribution in [0.5, 0.6) is 0 Å². The molecule has 3 rings (SSSR count). The van der Waals surface area contributed by atoms with Crippen LogP contribution in [0.4, 0.5) is 11.4 Å². The summed E-state index contributed by atoms with van der Waals surface area (Å²) in [4.78, 5) is 13.5. The van der Waals surface area contributed by atoms with E-state index in [1.807, 2.05) is 65.8 Å². The van der Waals surface area contributed by atoms with E-state index < -0.39 is 0 Å². The monoisotopic (exact) mass is 414 g/mol. The van der Waals surface area contributed by atoms with E-state index in [0.717, 1.165) is 38.9 Å². The minimum atomic E-state index is -0.364. The van der Waals surface area contributed by atoms with Crippen molar-refractivity contribution in [1.29, 1.82) is 0 Å². The molecule has 0 spiro atoms. The van der Waals surface area contributed by atoms with Gasteiger partial charge in [-0.15, -0.1) is 0 Å². The first-order valence-corrected chi connectivity index (χ1v) is 10.3. The van der Waals surface area contributed by atoms with Crippen LogP contribution in [0.3, 0.4) is 0 Å². The molecule has 0 bridgehead atoms. The number of aryl methyl sites for hydroxylation is 6. The predicted octanol–water partition coefficient (Wildman–Crippen LogP) is 6.18. The highest BCUT2D eigenvalue weighted by Crippen LogP contribution is 2.34. The molecular weight excluding hydrogens is 384 g/mol. The van der Waals surface area contributed by atoms with Gasteiger partial charge in [0.05, 0.1) is 5.57 Å². The van der Waals surface area contributed by atoms with E-state index in [1.165, 1.54) is 0 Å². The summed E-state index contributed by atoms with van der Waals surface area (Å²) in [5.74, 6) is -0.380. The van der Waals surface area contributed by atoms with Gasteiger partial charge in [-0.05, 0) is 93.6 Å². The summed E-state index contributed by atoms with van der Waals surface area (Å²) < 4.78 is 0. The van der Waals surface area contributed by atoms with Crippen LogP contribution in [-0.4, -0.2) is 11.0 Å². The summed E-state index contributed by atoms with van der Waals surface area (Å²) in [6.45, 7) is 11.9. The maximum atomic E-state index is 13.5. The standard InChI is InChI=1S/C27H30N2O2/c1-15-11-17(3)23(18(4)12-15)25(27(31)29-22-9-7-21(28)8-10-22)26(30)24-19(5)13-16(2)14-20(24)6/h7-14,30H,28H2,1-6H3,(H,29,31)/b26-25-. The number of carbonyl (C=O) groups excluding carboxylic acids is 1. The quantitative estimate of drug-likeness (QED) is 0.206. The zero-order valence-electron chi connectivity index (χ0n) is 19.1. The zero-order valence-corrected chi connectivity index (χ0v) is 19.1. The smallest absolute Gasteiger partial charge is 0.260 e. The highest BCUT2D eigenvalue weighted by Gasteiger charge is 2.24. The second kappa shape index (κ2) is 8.68. The maximum absolute atomic E-state index is 13.5. The lowest BCUT2D eigenvalue weighted by atomic mass is 9.88. The Bertz CT molecular complexity index is 1140. The number of aliphatic hydroxyl groups is 1. The number of anilines is 2. The van der Waals surface area contributed by atoms with Gasteiger partial charge >= 0.3 is 0 Å². The summed E-state index contributed by atoms with van der Waals surface area (Å²) in [5.41, 5.74) is 14.7. The molecule has 0 aliphatic carbocycles. The van der Waals surface area contributed by atoms with Crippen molar-refractivity contribution < 1.29 is 9.90 Å². The molecule has 0 heterocycles. The lowest BCUT2D eigenvalue weighted by Gasteiger charge is -2.19. The first kappa shape index (κ1) is 22.2. The second-order valence-electron chi connectivity index (χ2n) is 8.35. The number of nitrogens with two attached hydrogens (primary N) is 1. The first-order chi connectivity index (χ1) is 14.6. The Kier molecular flexibility index (Phi) is 6.21. The lowest BCUT2D eigenvalue weighted by Crippen LogP contribution is -2.17. The Hall–Kier alpha value is -3.53. The average molecular weight is 415 g/mol. The van der Waals surface area contributed by atoms with Crippen molar-refractivity contribution in [2.45, 2.75) is 41.5 Å². The molecule has 0 radical (unpaired) electrons. The predicted molar refractivity (Wildman–Crippen MR) is 130 cm³/mol. The van der Waals surface area contributed by atoms with Crippen molar-refractivity contribution in [3.05, 3.63) is 93.0 Å². The fourth-order valence-electron chi connectivity index (χ4n) is 4.35. The number of aliphatic hydroxyl groups excluding tert-OH is 1. The van der Waals surface area contributed by atoms with Gasteiger partial charge < -0.3 is 16.2 Å². The molecule has 4 heteroatoms. The zero-order chi connectivity index (χ0) is 22.9. The summed E-state index contributed by atoms with van der Waals surface area (Å²) in [7, 11) is 0. The summed E-state index contributed by atoms with van der Waals surface area (Å²) in [6, 6.07) is 15.1. The van der Waals surface area contributed by atoms with Crippen LogP contribution in [0.25, 0.3) is 11.3 Å². The van der Waals surface area contributed by atoms with Crippen molar-refractivity contribution in [3.8, 4) is 0 Å². The van der Waals surface area contributed by atoms with Crippen LogP contribution in [0.15, 0.2) is 48.5 Å². The molecular formula is C27H30N2O2. The van der Waals surface area contributed by atoms with Crippen molar-refractivity contribution in [2.24, 2.45) is 0 Å². The van der Waals surface area contributed by atoms with Gasteiger partial charge in [0.2, 0.25) is 0 Å². The van der Waals surface area contributed by atoms with Crippen molar-refractivity contribution in [3.63, 3.8) is 0 Å². The number of benzene rings is 3. The minimum Gasteiger partial charge on any atom is -0.506 e. The molecule has 0 aliphatic heterocycles. The normalized spacial score (nSPS) is 11.8. The van der Waals surface area contributed by atoms with Gasteiger partial charge in [-0.1, -0.05) is 35.4 Å². The molecule has 0 fully saturated rings. The fourth-order valence-corrected chi connectivity index (χ4v) is 4.35. The molecule has 0 saturated carbocycles. The van der Waals surface area contributed by atoms with E-state index in [2.05, 4.69) is 5.32 Å². The van der Waals surface area contributed by atoms with Gasteiger partial charge in [0, 0.05) is 16.9 Å². The van der Waals surface area contributed by atoms with E-state index in [1.54, 1.807) is 24.3 Å². The van der Waals surface area contributed by atoms with Crippen LogP contribution in [0.2, 0.25) is 0 Å². The van der Waals surface area contributed by atoms with Gasteiger partial charge in [-0.25, -0.2) is 0 Å². The van der Waals surface area contributed by atoms with Crippen molar-refractivity contribution in [1.82, 2.24) is 0 Å². The lowest BCUT2D eigenvalue weighted by molar-refractivity contribution is -0.111. The third-order valence-electron chi connectivity index (χ3n) is 5.47. The number of amides is 1. The largest absolute Gasteiger partial charge is 0.506 e. The van der Waals surface area contributed by atoms with Gasteiger partial charge in [0.15, 0.2) is 0 Å². The van der Waals surface area contributed by atoms with E-state index in [0.29, 0.717) is 16.9 Å². The number of nitrogen functional groups attached to an aromatic ring is 1. The van der Waals surface area contributed by atoms with Crippen LogP contribution >= 0.6 is 0 Å². The van der Waals surface area contributed by atoms with E-state index in [9.17, 15) is 9.90 Å². The molecule has 1 amide bonds. The number of hydrogen-bond acceptors (Lipinski definition) is 3. The van der Waals surface area contributed by atoms with Crippen molar-refractivity contribution >= 4 is 28.6 Å². The Labute approximate surface area is 184 Å². The Morgan fingerprint density at radius 3 is 1.61 bits per heavy atom. The first-order valence-electron chi connectivity index (χ1n) is 10.3. The Morgan fingerprint density at radius 2 is 1.16 bits per heavy atom. The topological polar surface area (TPSA) is 75.3 Å². The maximum Gasteiger partial charge on any atom is 0.260 e. The number of rotatable bonds is 4. The van der Waals surface area contributed by atoms with Crippen molar-refractivity contribution in [2.75, 3.05) is 11.1 Å². The molecule has 3 aromatic rings. The van der Waals surface area contributed by atoms with E-state index in [-0.39, 0.29) is 17.2 Å². The summed E-state index contributed by atoms with van der Waals surface area (Å²) in [5, 5.41) is 14.4. The highest BCUT2D eigenvalue weighted by molar-refractivity contribution is 6.31. The fraction of sp³-hybridized carbons (Fsp3) is 0.222. The third kappa shape index (κ3) is 4.64. The molecule has 31 heavy (non-hydrogen) atoms. The van der Waals surface area contributed by atoms with Gasteiger partial charge in [0.25, 0.3) is 5.91 Å². The molecule has 0 unspecified atom stereocenters. The van der Waals surface area contributed by atoms with Crippen LogP contribution in [0.1, 0.15) is 44.5 Å². The third-order valence-corrected chi connectivity index (χ3v) is 5.47. The van der Waals surface area contributed by atoms with Crippen LogP contribution < -0.4 is 11.1 Å². The van der Waals surface area contributed by atoms with E-state index >= 15 is 0 Å². The minimum absolute atomic E-state index is 0.0157. The molecule has 0 aromatic heterocycles. The second-order valence-corrected chi connectivity index (χ2v) is 8.35. The Balaban J connectivity index is 2.26. The van der Waals surface area contributed by atoms with Gasteiger partial charge in [-0.2, -0.15) is 0 Å². The molecule has 160 valence electrons. The van der Waals surface area contributed by atoms with Crippen LogP contribution in [0, 0.1) is 41.5 Å². The Morgan fingerprint density at radius 1 is 0.742 bits per heavy atom. The highest BCUT2D eigenvalue weighted by atomic mass is 16.3. The van der Waals surface area contributed by atoms with Crippen LogP contribution in [-0.2, 0) is 4.79 Å². The van der Waals surface area contributed by atoms with Gasteiger partial charge in [-0.3, -0.25) is 4.79 Å². The summed E-state index contributed by atoms with van der Waals surface area (Å²) >= 11 is 0. The molecule has 0 atom stereocenters. The number of hydrogen-bond donors (Lipinski definition) is 3. The molecule has 3 aromatic carbocycles. The molecule has 4 N–H and O–H groups in total. The van der Waals surface area contributed by atoms with Gasteiger partial charge in [0.1, 0.15) is 5.76 Å². The summed E-state index contributed by atoms with van der Waals surface area (Å²) in [6.07, 6.45) is 0. The SMILES string of the molecule is Cc1cc(C)c(/C(O)=C(/C(=O)Nc2ccc(N)cc2)c2c(C)cc(C)cc2C)c(C)c1. The molecule has 0 aliphatic rings. The number of nitrogens with one attached hydrogen (secondary N) is 1.